The van der Waals surface area contributed by atoms with Crippen LogP contribution in [0, 0.1) is 5.41 Å². The Morgan fingerprint density at radius 1 is 1.40 bits per heavy atom. The highest BCUT2D eigenvalue weighted by Crippen LogP contribution is 2.20. The van der Waals surface area contributed by atoms with Crippen LogP contribution < -0.4 is 5.73 Å². The van der Waals surface area contributed by atoms with E-state index >= 15 is 0 Å². The van der Waals surface area contributed by atoms with E-state index in [4.69, 9.17) is 5.73 Å². The quantitative estimate of drug-likeness (QED) is 0.787. The van der Waals surface area contributed by atoms with Gasteiger partial charge >= 0.3 is 0 Å². The van der Waals surface area contributed by atoms with Crippen LogP contribution in [-0.2, 0) is 6.42 Å². The number of pyridine rings is 1. The van der Waals surface area contributed by atoms with Crippen molar-refractivity contribution < 1.29 is 0 Å². The van der Waals surface area contributed by atoms with Gasteiger partial charge in [-0.1, -0.05) is 13.0 Å². The Bertz CT molecular complexity index is 284. The van der Waals surface area contributed by atoms with Crippen LogP contribution >= 0.6 is 0 Å². The predicted molar refractivity (Wildman–Crippen MR) is 63.7 cm³/mol. The van der Waals surface area contributed by atoms with Crippen LogP contribution in [0.25, 0.3) is 0 Å². The zero-order chi connectivity index (χ0) is 11.3. The third kappa shape index (κ3) is 3.98. The smallest absolute Gasteiger partial charge is 0.0410 e. The van der Waals surface area contributed by atoms with Crippen LogP contribution in [0.3, 0.4) is 0 Å². The molecule has 2 N–H and O–H groups in total. The molecule has 1 atom stereocenters. The van der Waals surface area contributed by atoms with Crippen LogP contribution in [0.1, 0.15) is 12.6 Å². The van der Waals surface area contributed by atoms with Gasteiger partial charge in [-0.3, -0.25) is 4.98 Å². The van der Waals surface area contributed by atoms with Crippen LogP contribution in [0.4, 0.5) is 0 Å². The summed E-state index contributed by atoms with van der Waals surface area (Å²) in [6.45, 7) is 3.88. The Labute approximate surface area is 92.3 Å². The summed E-state index contributed by atoms with van der Waals surface area (Å²) in [6.07, 6.45) is 2.77. The van der Waals surface area contributed by atoms with Crippen LogP contribution in [-0.4, -0.2) is 37.1 Å². The highest BCUT2D eigenvalue weighted by Gasteiger charge is 2.24. The van der Waals surface area contributed by atoms with Crippen molar-refractivity contribution in [1.29, 1.82) is 0 Å². The molecule has 0 aromatic carbocycles. The molecule has 3 heteroatoms. The van der Waals surface area contributed by atoms with E-state index in [1.807, 2.05) is 18.3 Å². The van der Waals surface area contributed by atoms with Crippen molar-refractivity contribution in [3.05, 3.63) is 30.1 Å². The maximum absolute atomic E-state index is 5.85. The molecule has 1 heterocycles. The summed E-state index contributed by atoms with van der Waals surface area (Å²) in [5, 5.41) is 0. The molecule has 0 bridgehead atoms. The first-order valence-corrected chi connectivity index (χ1v) is 5.30. The van der Waals surface area contributed by atoms with Gasteiger partial charge in [0.1, 0.15) is 0 Å². The lowest BCUT2D eigenvalue weighted by atomic mass is 9.85. The molecule has 0 aliphatic carbocycles. The SMILES string of the molecule is CN(C)CC(C)(CN)Cc1ccccn1. The van der Waals surface area contributed by atoms with Crippen molar-refractivity contribution in [2.24, 2.45) is 11.1 Å². The Morgan fingerprint density at radius 3 is 2.60 bits per heavy atom. The van der Waals surface area contributed by atoms with Gasteiger partial charge in [-0.25, -0.2) is 0 Å². The lowest BCUT2D eigenvalue weighted by molar-refractivity contribution is 0.223. The molecule has 0 aliphatic heterocycles. The summed E-state index contributed by atoms with van der Waals surface area (Å²) in [4.78, 5) is 6.52. The molecule has 0 radical (unpaired) electrons. The molecule has 1 aromatic rings. The van der Waals surface area contributed by atoms with Gasteiger partial charge in [-0.05, 0) is 44.6 Å². The molecule has 0 amide bonds. The number of nitrogens with zero attached hydrogens (tertiary/aromatic N) is 2. The highest BCUT2D eigenvalue weighted by atomic mass is 15.1. The Kier molecular flexibility index (Phi) is 4.24. The van der Waals surface area contributed by atoms with Crippen molar-refractivity contribution in [2.75, 3.05) is 27.2 Å². The zero-order valence-electron chi connectivity index (χ0n) is 9.90. The molecular weight excluding hydrogens is 186 g/mol. The van der Waals surface area contributed by atoms with Crippen molar-refractivity contribution in [2.45, 2.75) is 13.3 Å². The van der Waals surface area contributed by atoms with E-state index in [9.17, 15) is 0 Å². The number of nitrogens with two attached hydrogens (primary N) is 1. The molecule has 0 fully saturated rings. The Morgan fingerprint density at radius 2 is 2.13 bits per heavy atom. The summed E-state index contributed by atoms with van der Waals surface area (Å²) in [5.41, 5.74) is 7.08. The maximum Gasteiger partial charge on any atom is 0.0410 e. The Balaban J connectivity index is 2.68. The summed E-state index contributed by atoms with van der Waals surface area (Å²) >= 11 is 0. The average molecular weight is 207 g/mol. The first kappa shape index (κ1) is 12.1. The van der Waals surface area contributed by atoms with E-state index < -0.39 is 0 Å². The van der Waals surface area contributed by atoms with E-state index in [0.717, 1.165) is 18.7 Å². The fourth-order valence-corrected chi connectivity index (χ4v) is 1.90. The first-order chi connectivity index (χ1) is 7.06. The molecule has 1 unspecified atom stereocenters. The molecule has 0 spiro atoms. The fourth-order valence-electron chi connectivity index (χ4n) is 1.90. The standard InChI is InChI=1S/C12H21N3/c1-12(9-13,10-15(2)3)8-11-6-4-5-7-14-11/h4-7H,8-10,13H2,1-3H3. The normalized spacial score (nSPS) is 15.3. The summed E-state index contributed by atoms with van der Waals surface area (Å²) in [6, 6.07) is 6.02. The number of hydrogen-bond acceptors (Lipinski definition) is 3. The second-order valence-corrected chi connectivity index (χ2v) is 4.75. The first-order valence-electron chi connectivity index (χ1n) is 5.30. The molecule has 0 aliphatic rings. The van der Waals surface area contributed by atoms with Gasteiger partial charge in [0.2, 0.25) is 0 Å². The van der Waals surface area contributed by atoms with Gasteiger partial charge in [0.25, 0.3) is 0 Å². The minimum Gasteiger partial charge on any atom is -0.330 e. The molecule has 15 heavy (non-hydrogen) atoms. The fraction of sp³-hybridized carbons (Fsp3) is 0.583. The van der Waals surface area contributed by atoms with Gasteiger partial charge in [-0.15, -0.1) is 0 Å². The second kappa shape index (κ2) is 5.24. The van der Waals surface area contributed by atoms with E-state index in [1.165, 1.54) is 0 Å². The second-order valence-electron chi connectivity index (χ2n) is 4.75. The van der Waals surface area contributed by atoms with Crippen molar-refractivity contribution in [3.63, 3.8) is 0 Å². The number of hydrogen-bond donors (Lipinski definition) is 1. The summed E-state index contributed by atoms with van der Waals surface area (Å²) in [5.74, 6) is 0. The van der Waals surface area contributed by atoms with Crippen molar-refractivity contribution in [3.8, 4) is 0 Å². The summed E-state index contributed by atoms with van der Waals surface area (Å²) < 4.78 is 0. The molecule has 1 rings (SSSR count). The number of aromatic nitrogens is 1. The highest BCUT2D eigenvalue weighted by molar-refractivity contribution is 5.06. The van der Waals surface area contributed by atoms with Gasteiger partial charge in [0.05, 0.1) is 0 Å². The maximum atomic E-state index is 5.85. The van der Waals surface area contributed by atoms with Crippen LogP contribution in [0.5, 0.6) is 0 Å². The lowest BCUT2D eigenvalue weighted by Gasteiger charge is -2.30. The predicted octanol–water partition coefficient (Wildman–Crippen LogP) is 1.15. The minimum absolute atomic E-state index is 0.109. The molecular formula is C12H21N3. The third-order valence-corrected chi connectivity index (χ3v) is 2.52. The van der Waals surface area contributed by atoms with E-state index in [2.05, 4.69) is 37.0 Å². The molecule has 0 saturated heterocycles. The monoisotopic (exact) mass is 207 g/mol. The molecule has 1 aromatic heterocycles. The zero-order valence-corrected chi connectivity index (χ0v) is 9.90. The topological polar surface area (TPSA) is 42.1 Å². The minimum atomic E-state index is 0.109. The Hall–Kier alpha value is -0.930. The van der Waals surface area contributed by atoms with E-state index in [-0.39, 0.29) is 5.41 Å². The van der Waals surface area contributed by atoms with Crippen molar-refractivity contribution in [1.82, 2.24) is 9.88 Å². The lowest BCUT2D eigenvalue weighted by Crippen LogP contribution is -2.39. The largest absolute Gasteiger partial charge is 0.330 e. The molecule has 3 nitrogen and oxygen atoms in total. The average Bonchev–Trinajstić information content (AvgIpc) is 2.18. The molecule has 0 saturated carbocycles. The summed E-state index contributed by atoms with van der Waals surface area (Å²) in [7, 11) is 4.15. The number of rotatable bonds is 5. The van der Waals surface area contributed by atoms with Gasteiger partial charge in [-0.2, -0.15) is 0 Å². The van der Waals surface area contributed by atoms with Gasteiger partial charge < -0.3 is 10.6 Å². The van der Waals surface area contributed by atoms with E-state index in [1.54, 1.807) is 0 Å². The van der Waals surface area contributed by atoms with Gasteiger partial charge in [0.15, 0.2) is 0 Å². The van der Waals surface area contributed by atoms with Crippen molar-refractivity contribution >= 4 is 0 Å². The molecule has 84 valence electrons. The van der Waals surface area contributed by atoms with E-state index in [0.29, 0.717) is 6.54 Å². The van der Waals surface area contributed by atoms with Crippen LogP contribution in [0.15, 0.2) is 24.4 Å². The van der Waals surface area contributed by atoms with Gasteiger partial charge in [0, 0.05) is 18.4 Å². The third-order valence-electron chi connectivity index (χ3n) is 2.52. The van der Waals surface area contributed by atoms with Crippen LogP contribution in [0.2, 0.25) is 0 Å².